The Balaban J connectivity index is 1.91. The van der Waals surface area contributed by atoms with Gasteiger partial charge in [0.05, 0.1) is 16.3 Å². The number of nitrogens with zero attached hydrogens (tertiary/aromatic N) is 4. The van der Waals surface area contributed by atoms with Crippen LogP contribution in [0.25, 0.3) is 11.3 Å². The van der Waals surface area contributed by atoms with Crippen molar-refractivity contribution in [2.24, 2.45) is 5.10 Å². The van der Waals surface area contributed by atoms with Gasteiger partial charge < -0.3 is 4.57 Å². The summed E-state index contributed by atoms with van der Waals surface area (Å²) in [5, 5.41) is 15.0. The van der Waals surface area contributed by atoms with Crippen molar-refractivity contribution in [2.75, 3.05) is 5.43 Å². The summed E-state index contributed by atoms with van der Waals surface area (Å²) in [7, 11) is 0. The largest absolute Gasteiger partial charge is 0.316 e. The Hall–Kier alpha value is -3.48. The van der Waals surface area contributed by atoms with E-state index in [0.29, 0.717) is 11.3 Å². The predicted octanol–water partition coefficient (Wildman–Crippen LogP) is 3.41. The molecule has 0 aliphatic rings. The van der Waals surface area contributed by atoms with Crippen molar-refractivity contribution in [3.8, 4) is 11.3 Å². The first-order valence-electron chi connectivity index (χ1n) is 7.84. The number of benzene rings is 2. The second-order valence-corrected chi connectivity index (χ2v) is 5.29. The summed E-state index contributed by atoms with van der Waals surface area (Å²) in [5.41, 5.74) is 5.96. The third kappa shape index (κ3) is 3.89. The molecule has 1 aromatic heterocycles. The number of nitrogens with one attached hydrogen (secondary N) is 1. The minimum absolute atomic E-state index is 0.0402. The number of nitro groups is 1. The fourth-order valence-corrected chi connectivity index (χ4v) is 2.31. The van der Waals surface area contributed by atoms with Gasteiger partial charge in [0.25, 0.3) is 5.69 Å². The first-order chi connectivity index (χ1) is 12.2. The zero-order chi connectivity index (χ0) is 17.6. The Labute approximate surface area is 144 Å². The fourth-order valence-electron chi connectivity index (χ4n) is 2.31. The molecule has 25 heavy (non-hydrogen) atoms. The molecule has 3 rings (SSSR count). The molecular formula is C18H17N5O2. The minimum atomic E-state index is -0.434. The third-order valence-electron chi connectivity index (χ3n) is 3.66. The summed E-state index contributed by atoms with van der Waals surface area (Å²) in [6.45, 7) is 2.73. The van der Waals surface area contributed by atoms with Crippen LogP contribution in [0.4, 0.5) is 11.4 Å². The maximum absolute atomic E-state index is 10.7. The molecule has 0 radical (unpaired) electrons. The van der Waals surface area contributed by atoms with E-state index in [-0.39, 0.29) is 5.69 Å². The van der Waals surface area contributed by atoms with Crippen LogP contribution in [0.3, 0.4) is 0 Å². The number of anilines is 1. The number of rotatable bonds is 5. The summed E-state index contributed by atoms with van der Waals surface area (Å²) < 4.78 is 1.91. The van der Waals surface area contributed by atoms with E-state index < -0.39 is 4.92 Å². The molecule has 0 unspecified atom stereocenters. The van der Waals surface area contributed by atoms with Crippen LogP contribution in [0, 0.1) is 10.1 Å². The fraction of sp³-hybridized carbons (Fsp3) is 0.111. The average molecular weight is 335 g/mol. The molecule has 7 nitrogen and oxygen atoms in total. The first-order valence-corrected chi connectivity index (χ1v) is 7.84. The third-order valence-corrected chi connectivity index (χ3v) is 3.66. The summed E-state index contributed by atoms with van der Waals surface area (Å²) in [6.07, 6.45) is 1.94. The maximum Gasteiger partial charge on any atom is 0.269 e. The maximum atomic E-state index is 10.7. The van der Waals surface area contributed by atoms with E-state index in [9.17, 15) is 10.1 Å². The molecule has 0 saturated carbocycles. The minimum Gasteiger partial charge on any atom is -0.316 e. The summed E-state index contributed by atoms with van der Waals surface area (Å²) in [5.74, 6) is 0. The van der Waals surface area contributed by atoms with Crippen LogP contribution < -0.4 is 11.0 Å². The van der Waals surface area contributed by atoms with Gasteiger partial charge in [-0.05, 0) is 25.1 Å². The van der Waals surface area contributed by atoms with Crippen molar-refractivity contribution in [1.29, 1.82) is 0 Å². The molecule has 0 bridgehead atoms. The Morgan fingerprint density at radius 2 is 1.84 bits per heavy atom. The van der Waals surface area contributed by atoms with Crippen LogP contribution in [0.2, 0.25) is 0 Å². The Morgan fingerprint density at radius 1 is 1.12 bits per heavy atom. The first kappa shape index (κ1) is 16.4. The lowest BCUT2D eigenvalue weighted by Crippen LogP contribution is -2.25. The quantitative estimate of drug-likeness (QED) is 0.572. The van der Waals surface area contributed by atoms with Gasteiger partial charge in [-0.15, -0.1) is 5.10 Å². The van der Waals surface area contributed by atoms with Crippen molar-refractivity contribution >= 4 is 11.4 Å². The van der Waals surface area contributed by atoms with Crippen LogP contribution in [0.15, 0.2) is 72.0 Å². The van der Waals surface area contributed by atoms with E-state index in [4.69, 9.17) is 0 Å². The molecule has 3 aromatic rings. The number of non-ortho nitro benzene ring substituents is 1. The molecule has 0 aliphatic heterocycles. The predicted molar refractivity (Wildman–Crippen MR) is 95.6 cm³/mol. The topological polar surface area (TPSA) is 85.3 Å². The van der Waals surface area contributed by atoms with Crippen molar-refractivity contribution in [1.82, 2.24) is 9.55 Å². The highest BCUT2D eigenvalue weighted by Crippen LogP contribution is 2.15. The Bertz CT molecular complexity index is 934. The monoisotopic (exact) mass is 335 g/mol. The van der Waals surface area contributed by atoms with Gasteiger partial charge in [0.15, 0.2) is 0 Å². The zero-order valence-corrected chi connectivity index (χ0v) is 13.7. The molecule has 126 valence electrons. The smallest absolute Gasteiger partial charge is 0.269 e. The van der Waals surface area contributed by atoms with Crippen LogP contribution in [0.5, 0.6) is 0 Å². The van der Waals surface area contributed by atoms with Gasteiger partial charge in [-0.2, -0.15) is 0 Å². The number of hydrogen-bond acceptors (Lipinski definition) is 5. The van der Waals surface area contributed by atoms with Gasteiger partial charge in [-0.25, -0.2) is 4.98 Å². The van der Waals surface area contributed by atoms with Crippen molar-refractivity contribution in [2.45, 2.75) is 13.5 Å². The highest BCUT2D eigenvalue weighted by Gasteiger charge is 2.04. The second kappa shape index (κ2) is 7.39. The lowest BCUT2D eigenvalue weighted by atomic mass is 10.1. The number of aromatic nitrogens is 2. The normalized spacial score (nSPS) is 11.3. The average Bonchev–Trinajstić information content (AvgIpc) is 2.67. The highest BCUT2D eigenvalue weighted by molar-refractivity contribution is 5.57. The van der Waals surface area contributed by atoms with Crippen molar-refractivity contribution in [3.05, 3.63) is 82.6 Å². The molecule has 1 heterocycles. The molecule has 0 atom stereocenters. The molecule has 0 saturated heterocycles. The molecule has 1 N–H and O–H groups in total. The van der Waals surface area contributed by atoms with Crippen molar-refractivity contribution < 1.29 is 4.92 Å². The van der Waals surface area contributed by atoms with Gasteiger partial charge in [0, 0.05) is 30.4 Å². The summed E-state index contributed by atoms with van der Waals surface area (Å²) in [6, 6.07) is 17.9. The number of aryl methyl sites for hydroxylation is 1. The molecule has 0 amide bonds. The van der Waals surface area contributed by atoms with E-state index in [1.807, 2.05) is 54.1 Å². The van der Waals surface area contributed by atoms with E-state index >= 15 is 0 Å². The molecule has 2 aromatic carbocycles. The van der Waals surface area contributed by atoms with Crippen LogP contribution >= 0.6 is 0 Å². The van der Waals surface area contributed by atoms with Crippen molar-refractivity contribution in [3.63, 3.8) is 0 Å². The lowest BCUT2D eigenvalue weighted by molar-refractivity contribution is -0.384. The Morgan fingerprint density at radius 3 is 2.48 bits per heavy atom. The van der Waals surface area contributed by atoms with Crippen LogP contribution in [0.1, 0.15) is 6.92 Å². The van der Waals surface area contributed by atoms with Crippen LogP contribution in [-0.2, 0) is 6.54 Å². The standard InChI is InChI=1S/C18H17N5O2/c1-2-22-13-12-17(14-6-4-3-5-7-14)19-18(22)21-20-15-8-10-16(11-9-15)23(24)25/h3-13,20H,2H2,1H3/b21-18+. The van der Waals surface area contributed by atoms with Gasteiger partial charge in [0.1, 0.15) is 0 Å². The molecule has 0 fully saturated rings. The highest BCUT2D eigenvalue weighted by atomic mass is 16.6. The zero-order valence-electron chi connectivity index (χ0n) is 13.7. The van der Waals surface area contributed by atoms with Gasteiger partial charge >= 0.3 is 0 Å². The van der Waals surface area contributed by atoms with Gasteiger partial charge in [0.2, 0.25) is 5.62 Å². The van der Waals surface area contributed by atoms with Gasteiger partial charge in [-0.3, -0.25) is 15.5 Å². The summed E-state index contributed by atoms with van der Waals surface area (Å²) in [4.78, 5) is 14.9. The van der Waals surface area contributed by atoms with E-state index in [2.05, 4.69) is 15.5 Å². The van der Waals surface area contributed by atoms with E-state index in [1.54, 1.807) is 12.1 Å². The number of nitro benzene ring substituents is 1. The summed E-state index contributed by atoms with van der Waals surface area (Å²) >= 11 is 0. The number of hydrogen-bond donors (Lipinski definition) is 1. The molecule has 7 heteroatoms. The van der Waals surface area contributed by atoms with E-state index in [0.717, 1.165) is 17.8 Å². The van der Waals surface area contributed by atoms with E-state index in [1.165, 1.54) is 12.1 Å². The Kier molecular flexibility index (Phi) is 4.84. The molecule has 0 aliphatic carbocycles. The second-order valence-electron chi connectivity index (χ2n) is 5.29. The van der Waals surface area contributed by atoms with Gasteiger partial charge in [-0.1, -0.05) is 30.3 Å². The molecular weight excluding hydrogens is 318 g/mol. The lowest BCUT2D eigenvalue weighted by Gasteiger charge is -2.07. The SMILES string of the molecule is CCn1ccc(-c2ccccc2)n/c1=N\Nc1ccc([N+](=O)[O-])cc1. The van der Waals surface area contributed by atoms with Crippen LogP contribution in [-0.4, -0.2) is 14.5 Å². The molecule has 0 spiro atoms.